The van der Waals surface area contributed by atoms with Crippen molar-refractivity contribution in [3.63, 3.8) is 0 Å². The Labute approximate surface area is 145 Å². The summed E-state index contributed by atoms with van der Waals surface area (Å²) in [6, 6.07) is 9.15. The molecule has 1 amide bonds. The maximum Gasteiger partial charge on any atom is 0.271 e. The molecule has 0 radical (unpaired) electrons. The number of halogens is 1. The molecule has 0 atom stereocenters. The molecule has 0 saturated carbocycles. The molecule has 0 aliphatic carbocycles. The van der Waals surface area contributed by atoms with Crippen LogP contribution in [0.3, 0.4) is 0 Å². The minimum Gasteiger partial charge on any atom is -0.350 e. The molecule has 124 valence electrons. The van der Waals surface area contributed by atoms with Gasteiger partial charge in [-0.3, -0.25) is 4.79 Å². The van der Waals surface area contributed by atoms with Gasteiger partial charge >= 0.3 is 0 Å². The predicted molar refractivity (Wildman–Crippen MR) is 92.6 cm³/mol. The smallest absolute Gasteiger partial charge is 0.271 e. The molecule has 1 N–H and O–H groups in total. The zero-order valence-electron chi connectivity index (χ0n) is 13.5. The third-order valence-electron chi connectivity index (χ3n) is 3.63. The number of rotatable bonds is 5. The second kappa shape index (κ2) is 6.88. The molecule has 3 rings (SSSR count). The lowest BCUT2D eigenvalue weighted by atomic mass is 10.3. The van der Waals surface area contributed by atoms with Gasteiger partial charge in [0.1, 0.15) is 0 Å². The van der Waals surface area contributed by atoms with Crippen molar-refractivity contribution in [3.05, 3.63) is 65.0 Å². The molecule has 0 saturated heterocycles. The van der Waals surface area contributed by atoms with Crippen LogP contribution in [-0.2, 0) is 13.5 Å². The SMILES string of the molecule is Cc1cc(C(=O)NCCc2cn(C)cn2)nn1-c1ccccc1Cl. The molecule has 0 aliphatic heterocycles. The van der Waals surface area contributed by atoms with E-state index in [1.54, 1.807) is 23.1 Å². The zero-order valence-corrected chi connectivity index (χ0v) is 14.3. The van der Waals surface area contributed by atoms with E-state index in [4.69, 9.17) is 11.6 Å². The zero-order chi connectivity index (χ0) is 17.1. The lowest BCUT2D eigenvalue weighted by molar-refractivity contribution is 0.0948. The van der Waals surface area contributed by atoms with Crippen molar-refractivity contribution >= 4 is 17.5 Å². The van der Waals surface area contributed by atoms with Crippen molar-refractivity contribution in [2.45, 2.75) is 13.3 Å². The Balaban J connectivity index is 1.68. The average Bonchev–Trinajstić information content (AvgIpc) is 3.14. The Morgan fingerprint density at radius 3 is 2.83 bits per heavy atom. The number of nitrogens with one attached hydrogen (secondary N) is 1. The fourth-order valence-corrected chi connectivity index (χ4v) is 2.66. The van der Waals surface area contributed by atoms with Crippen LogP contribution in [0.1, 0.15) is 21.9 Å². The van der Waals surface area contributed by atoms with Gasteiger partial charge in [-0.25, -0.2) is 9.67 Å². The Morgan fingerprint density at radius 1 is 1.33 bits per heavy atom. The molecule has 0 bridgehead atoms. The van der Waals surface area contributed by atoms with Crippen LogP contribution in [0.15, 0.2) is 42.9 Å². The Morgan fingerprint density at radius 2 is 2.12 bits per heavy atom. The molecule has 1 aromatic carbocycles. The first-order valence-electron chi connectivity index (χ1n) is 7.61. The highest BCUT2D eigenvalue weighted by Gasteiger charge is 2.14. The summed E-state index contributed by atoms with van der Waals surface area (Å²) in [5.41, 5.74) is 2.91. The maximum atomic E-state index is 12.3. The largest absolute Gasteiger partial charge is 0.350 e. The summed E-state index contributed by atoms with van der Waals surface area (Å²) in [4.78, 5) is 16.5. The molecule has 0 aliphatic rings. The number of benzene rings is 1. The van der Waals surface area contributed by atoms with Crippen LogP contribution in [-0.4, -0.2) is 31.8 Å². The summed E-state index contributed by atoms with van der Waals surface area (Å²) in [6.45, 7) is 2.40. The normalized spacial score (nSPS) is 10.8. The van der Waals surface area contributed by atoms with E-state index in [9.17, 15) is 4.79 Å². The van der Waals surface area contributed by atoms with E-state index in [2.05, 4.69) is 15.4 Å². The van der Waals surface area contributed by atoms with Crippen LogP contribution in [0.5, 0.6) is 0 Å². The quantitative estimate of drug-likeness (QED) is 0.774. The predicted octanol–water partition coefficient (Wildman–Crippen LogP) is 2.54. The number of para-hydroxylation sites is 1. The Kier molecular flexibility index (Phi) is 4.66. The minimum absolute atomic E-state index is 0.208. The van der Waals surface area contributed by atoms with Gasteiger partial charge < -0.3 is 9.88 Å². The van der Waals surface area contributed by atoms with Gasteiger partial charge in [-0.2, -0.15) is 5.10 Å². The number of hydrogen-bond donors (Lipinski definition) is 1. The van der Waals surface area contributed by atoms with Crippen LogP contribution >= 0.6 is 11.6 Å². The Bertz CT molecular complexity index is 868. The molecule has 0 unspecified atom stereocenters. The number of carbonyl (C=O) groups is 1. The van der Waals surface area contributed by atoms with Crippen LogP contribution < -0.4 is 5.32 Å². The fourth-order valence-electron chi connectivity index (χ4n) is 2.44. The lowest BCUT2D eigenvalue weighted by Gasteiger charge is -2.06. The summed E-state index contributed by atoms with van der Waals surface area (Å²) >= 11 is 6.20. The number of aryl methyl sites for hydroxylation is 2. The van der Waals surface area contributed by atoms with Gasteiger partial charge in [0.25, 0.3) is 5.91 Å². The molecule has 24 heavy (non-hydrogen) atoms. The third-order valence-corrected chi connectivity index (χ3v) is 3.95. The number of carbonyl (C=O) groups excluding carboxylic acids is 1. The first-order valence-corrected chi connectivity index (χ1v) is 7.99. The number of amides is 1. The summed E-state index contributed by atoms with van der Waals surface area (Å²) in [5, 5.41) is 7.83. The standard InChI is InChI=1S/C17H18ClN5O/c1-12-9-15(21-23(12)16-6-4-3-5-14(16)18)17(24)19-8-7-13-10-22(2)11-20-13/h3-6,9-11H,7-8H2,1-2H3,(H,19,24). The van der Waals surface area contributed by atoms with Crippen LogP contribution in [0.25, 0.3) is 5.69 Å². The molecular weight excluding hydrogens is 326 g/mol. The van der Waals surface area contributed by atoms with Gasteiger partial charge in [-0.05, 0) is 25.1 Å². The van der Waals surface area contributed by atoms with Crippen LogP contribution in [0.2, 0.25) is 5.02 Å². The van der Waals surface area contributed by atoms with Gasteiger partial charge in [-0.1, -0.05) is 23.7 Å². The third kappa shape index (κ3) is 3.49. The van der Waals surface area contributed by atoms with E-state index in [1.807, 2.05) is 42.9 Å². The molecular formula is C17H18ClN5O. The maximum absolute atomic E-state index is 12.3. The van der Waals surface area contributed by atoms with Gasteiger partial charge in [0.15, 0.2) is 5.69 Å². The summed E-state index contributed by atoms with van der Waals surface area (Å²) in [5.74, 6) is -0.208. The van der Waals surface area contributed by atoms with Gasteiger partial charge in [0, 0.05) is 31.9 Å². The minimum atomic E-state index is -0.208. The van der Waals surface area contributed by atoms with Gasteiger partial charge in [0.2, 0.25) is 0 Å². The second-order valence-electron chi connectivity index (χ2n) is 5.57. The lowest BCUT2D eigenvalue weighted by Crippen LogP contribution is -2.26. The summed E-state index contributed by atoms with van der Waals surface area (Å²) in [6.07, 6.45) is 4.35. The number of aromatic nitrogens is 4. The van der Waals surface area contributed by atoms with Crippen molar-refractivity contribution in [3.8, 4) is 5.69 Å². The first kappa shape index (κ1) is 16.3. The summed E-state index contributed by atoms with van der Waals surface area (Å²) < 4.78 is 3.56. The van der Waals surface area contributed by atoms with Crippen LogP contribution in [0, 0.1) is 6.92 Å². The molecule has 3 aromatic rings. The molecule has 0 spiro atoms. The van der Waals surface area contributed by atoms with E-state index in [0.717, 1.165) is 17.1 Å². The van der Waals surface area contributed by atoms with E-state index in [0.29, 0.717) is 23.7 Å². The average molecular weight is 344 g/mol. The summed E-state index contributed by atoms with van der Waals surface area (Å²) in [7, 11) is 1.92. The molecule has 6 nitrogen and oxygen atoms in total. The highest BCUT2D eigenvalue weighted by atomic mass is 35.5. The highest BCUT2D eigenvalue weighted by molar-refractivity contribution is 6.32. The topological polar surface area (TPSA) is 64.7 Å². The highest BCUT2D eigenvalue weighted by Crippen LogP contribution is 2.21. The van der Waals surface area contributed by atoms with E-state index in [1.165, 1.54) is 0 Å². The van der Waals surface area contributed by atoms with Gasteiger partial charge in [0.05, 0.1) is 22.7 Å². The Hall–Kier alpha value is -2.60. The molecule has 0 fully saturated rings. The van der Waals surface area contributed by atoms with E-state index in [-0.39, 0.29) is 5.91 Å². The van der Waals surface area contributed by atoms with Gasteiger partial charge in [-0.15, -0.1) is 0 Å². The number of hydrogen-bond acceptors (Lipinski definition) is 3. The van der Waals surface area contributed by atoms with Crippen LogP contribution in [0.4, 0.5) is 0 Å². The number of nitrogens with zero attached hydrogens (tertiary/aromatic N) is 4. The van der Waals surface area contributed by atoms with Crippen molar-refractivity contribution in [1.29, 1.82) is 0 Å². The van der Waals surface area contributed by atoms with E-state index < -0.39 is 0 Å². The molecule has 2 aromatic heterocycles. The van der Waals surface area contributed by atoms with Crippen molar-refractivity contribution in [1.82, 2.24) is 24.6 Å². The number of imidazole rings is 1. The second-order valence-corrected chi connectivity index (χ2v) is 5.98. The first-order chi connectivity index (χ1) is 11.5. The monoisotopic (exact) mass is 343 g/mol. The van der Waals surface area contributed by atoms with Crippen molar-refractivity contribution in [2.24, 2.45) is 7.05 Å². The molecule has 7 heteroatoms. The molecule has 2 heterocycles. The van der Waals surface area contributed by atoms with Crippen molar-refractivity contribution < 1.29 is 4.79 Å². The fraction of sp³-hybridized carbons (Fsp3) is 0.235. The van der Waals surface area contributed by atoms with Crippen molar-refractivity contribution in [2.75, 3.05) is 6.54 Å². The van der Waals surface area contributed by atoms with E-state index >= 15 is 0 Å².